The van der Waals surface area contributed by atoms with Crippen LogP contribution in [0.15, 0.2) is 0 Å². The Hall–Kier alpha value is -0.650. The van der Waals surface area contributed by atoms with Gasteiger partial charge in [-0.05, 0) is 38.8 Å². The molecule has 1 aliphatic rings. The van der Waals surface area contributed by atoms with Crippen molar-refractivity contribution in [1.82, 2.24) is 9.80 Å². The van der Waals surface area contributed by atoms with Crippen LogP contribution in [0, 0.1) is 5.92 Å². The first kappa shape index (κ1) is 15.4. The second-order valence-electron chi connectivity index (χ2n) is 5.38. The van der Waals surface area contributed by atoms with E-state index in [0.29, 0.717) is 18.9 Å². The van der Waals surface area contributed by atoms with Gasteiger partial charge < -0.3 is 20.3 Å². The van der Waals surface area contributed by atoms with Gasteiger partial charge in [-0.1, -0.05) is 0 Å². The van der Waals surface area contributed by atoms with Gasteiger partial charge in [0.25, 0.3) is 0 Å². The average Bonchev–Trinajstić information content (AvgIpc) is 2.73. The van der Waals surface area contributed by atoms with Crippen molar-refractivity contribution in [2.75, 3.05) is 47.4 Å². The van der Waals surface area contributed by atoms with Crippen LogP contribution in [0.3, 0.4) is 0 Å². The maximum atomic E-state index is 12.1. The van der Waals surface area contributed by atoms with Crippen LogP contribution >= 0.6 is 0 Å². The number of hydrogen-bond acceptors (Lipinski definition) is 4. The van der Waals surface area contributed by atoms with E-state index in [1.54, 1.807) is 12.0 Å². The molecule has 5 heteroatoms. The third kappa shape index (κ3) is 4.92. The monoisotopic (exact) mass is 257 g/mol. The molecule has 1 fully saturated rings. The van der Waals surface area contributed by atoms with E-state index < -0.39 is 0 Å². The molecule has 1 heterocycles. The summed E-state index contributed by atoms with van der Waals surface area (Å²) >= 11 is 0. The third-order valence-corrected chi connectivity index (χ3v) is 3.58. The number of methoxy groups -OCH3 is 1. The fraction of sp³-hybridized carbons (Fsp3) is 0.923. The van der Waals surface area contributed by atoms with Gasteiger partial charge in [-0.3, -0.25) is 4.79 Å². The Kier molecular flexibility index (Phi) is 6.60. The van der Waals surface area contributed by atoms with Crippen LogP contribution in [0.2, 0.25) is 0 Å². The van der Waals surface area contributed by atoms with Crippen LogP contribution in [0.1, 0.15) is 19.3 Å². The summed E-state index contributed by atoms with van der Waals surface area (Å²) in [5.41, 5.74) is 5.90. The van der Waals surface area contributed by atoms with E-state index in [1.165, 1.54) is 6.42 Å². The third-order valence-electron chi connectivity index (χ3n) is 3.58. The van der Waals surface area contributed by atoms with Gasteiger partial charge in [-0.25, -0.2) is 0 Å². The molecule has 2 unspecified atom stereocenters. The molecule has 106 valence electrons. The standard InChI is InChI=1S/C13H27N3O2/c1-15-7-6-11(9-15)10-16(2)13(17)12(14)5-4-8-18-3/h11-12H,4-10,14H2,1-3H3. The van der Waals surface area contributed by atoms with Gasteiger partial charge in [-0.2, -0.15) is 0 Å². The van der Waals surface area contributed by atoms with Gasteiger partial charge in [0, 0.05) is 33.9 Å². The van der Waals surface area contributed by atoms with Crippen molar-refractivity contribution in [3.8, 4) is 0 Å². The predicted molar refractivity (Wildman–Crippen MR) is 72.3 cm³/mol. The zero-order chi connectivity index (χ0) is 13.5. The lowest BCUT2D eigenvalue weighted by molar-refractivity contribution is -0.132. The first-order valence-electron chi connectivity index (χ1n) is 6.72. The quantitative estimate of drug-likeness (QED) is 0.660. The van der Waals surface area contributed by atoms with Gasteiger partial charge in [0.1, 0.15) is 0 Å². The Balaban J connectivity index is 2.27. The van der Waals surface area contributed by atoms with E-state index in [-0.39, 0.29) is 11.9 Å². The second-order valence-corrected chi connectivity index (χ2v) is 5.38. The van der Waals surface area contributed by atoms with Crippen molar-refractivity contribution in [2.45, 2.75) is 25.3 Å². The summed E-state index contributed by atoms with van der Waals surface area (Å²) in [6, 6.07) is -0.385. The fourth-order valence-corrected chi connectivity index (χ4v) is 2.51. The van der Waals surface area contributed by atoms with Crippen molar-refractivity contribution >= 4 is 5.91 Å². The Bertz CT molecular complexity index is 261. The normalized spacial score (nSPS) is 22.1. The van der Waals surface area contributed by atoms with Gasteiger partial charge >= 0.3 is 0 Å². The number of likely N-dealkylation sites (N-methyl/N-ethyl adjacent to an activating group) is 1. The molecule has 1 amide bonds. The lowest BCUT2D eigenvalue weighted by Gasteiger charge is -2.24. The molecule has 0 bridgehead atoms. The van der Waals surface area contributed by atoms with Crippen LogP contribution in [-0.4, -0.2) is 69.2 Å². The molecule has 0 spiro atoms. The molecule has 1 rings (SSSR count). The first-order valence-corrected chi connectivity index (χ1v) is 6.72. The van der Waals surface area contributed by atoms with Crippen LogP contribution in [-0.2, 0) is 9.53 Å². The molecule has 2 atom stereocenters. The molecule has 0 aliphatic carbocycles. The Morgan fingerprint density at radius 1 is 1.61 bits per heavy atom. The molecule has 1 aliphatic heterocycles. The van der Waals surface area contributed by atoms with E-state index in [9.17, 15) is 4.79 Å². The molecule has 0 aromatic rings. The fourth-order valence-electron chi connectivity index (χ4n) is 2.51. The largest absolute Gasteiger partial charge is 0.385 e. The minimum atomic E-state index is -0.385. The summed E-state index contributed by atoms with van der Waals surface area (Å²) in [4.78, 5) is 16.2. The number of carbonyl (C=O) groups excluding carboxylic acids is 1. The lowest BCUT2D eigenvalue weighted by Crippen LogP contribution is -2.43. The van der Waals surface area contributed by atoms with Crippen LogP contribution in [0.5, 0.6) is 0 Å². The van der Waals surface area contributed by atoms with Gasteiger partial charge in [0.2, 0.25) is 5.91 Å². The highest BCUT2D eigenvalue weighted by Crippen LogP contribution is 2.15. The molecule has 18 heavy (non-hydrogen) atoms. The number of carbonyl (C=O) groups is 1. The second kappa shape index (κ2) is 7.71. The van der Waals surface area contributed by atoms with Gasteiger partial charge in [0.15, 0.2) is 0 Å². The number of amides is 1. The zero-order valence-corrected chi connectivity index (χ0v) is 11.9. The van der Waals surface area contributed by atoms with E-state index in [1.807, 2.05) is 7.05 Å². The molecule has 0 saturated carbocycles. The molecule has 5 nitrogen and oxygen atoms in total. The van der Waals surface area contributed by atoms with Crippen LogP contribution in [0.25, 0.3) is 0 Å². The van der Waals surface area contributed by atoms with Crippen molar-refractivity contribution in [3.63, 3.8) is 0 Å². The molecule has 0 radical (unpaired) electrons. The van der Waals surface area contributed by atoms with Crippen molar-refractivity contribution in [1.29, 1.82) is 0 Å². The summed E-state index contributed by atoms with van der Waals surface area (Å²) in [7, 11) is 5.64. The van der Waals surface area contributed by atoms with Gasteiger partial charge in [0.05, 0.1) is 6.04 Å². The Labute approximate surface area is 110 Å². The summed E-state index contributed by atoms with van der Waals surface area (Å²) in [5, 5.41) is 0. The first-order chi connectivity index (χ1) is 8.54. The SMILES string of the molecule is COCCCC(N)C(=O)N(C)CC1CCN(C)C1. The van der Waals surface area contributed by atoms with Gasteiger partial charge in [-0.15, -0.1) is 0 Å². The molecular formula is C13H27N3O2. The Morgan fingerprint density at radius 3 is 2.89 bits per heavy atom. The number of hydrogen-bond donors (Lipinski definition) is 1. The topological polar surface area (TPSA) is 58.8 Å². The summed E-state index contributed by atoms with van der Waals surface area (Å²) in [5.74, 6) is 0.649. The Morgan fingerprint density at radius 2 is 2.33 bits per heavy atom. The zero-order valence-electron chi connectivity index (χ0n) is 11.9. The predicted octanol–water partition coefficient (Wildman–Crippen LogP) is 0.150. The smallest absolute Gasteiger partial charge is 0.239 e. The highest BCUT2D eigenvalue weighted by Gasteiger charge is 2.24. The van der Waals surface area contributed by atoms with Crippen LogP contribution in [0.4, 0.5) is 0 Å². The highest BCUT2D eigenvalue weighted by molar-refractivity contribution is 5.81. The minimum Gasteiger partial charge on any atom is -0.385 e. The number of nitrogens with zero attached hydrogens (tertiary/aromatic N) is 2. The number of ether oxygens (including phenoxy) is 1. The van der Waals surface area contributed by atoms with Crippen molar-refractivity contribution in [2.24, 2.45) is 11.7 Å². The lowest BCUT2D eigenvalue weighted by atomic mass is 10.1. The molecule has 1 saturated heterocycles. The number of rotatable bonds is 7. The summed E-state index contributed by atoms with van der Waals surface area (Å²) in [6.45, 7) is 3.70. The van der Waals surface area contributed by atoms with Crippen LogP contribution < -0.4 is 5.73 Å². The maximum Gasteiger partial charge on any atom is 0.239 e. The van der Waals surface area contributed by atoms with Crippen molar-refractivity contribution < 1.29 is 9.53 Å². The summed E-state index contributed by atoms with van der Waals surface area (Å²) in [6.07, 6.45) is 2.71. The average molecular weight is 257 g/mol. The molecule has 2 N–H and O–H groups in total. The number of nitrogens with two attached hydrogens (primary N) is 1. The van der Waals surface area contributed by atoms with E-state index in [4.69, 9.17) is 10.5 Å². The number of likely N-dealkylation sites (tertiary alicyclic amines) is 1. The van der Waals surface area contributed by atoms with Crippen molar-refractivity contribution in [3.05, 3.63) is 0 Å². The molecular weight excluding hydrogens is 230 g/mol. The maximum absolute atomic E-state index is 12.1. The minimum absolute atomic E-state index is 0.0562. The molecule has 0 aromatic heterocycles. The highest BCUT2D eigenvalue weighted by atomic mass is 16.5. The summed E-state index contributed by atoms with van der Waals surface area (Å²) < 4.78 is 4.97. The van der Waals surface area contributed by atoms with E-state index in [0.717, 1.165) is 26.1 Å². The van der Waals surface area contributed by atoms with E-state index >= 15 is 0 Å². The molecule has 0 aromatic carbocycles. The van der Waals surface area contributed by atoms with E-state index in [2.05, 4.69) is 11.9 Å².